The van der Waals surface area contributed by atoms with Gasteiger partial charge in [-0.25, -0.2) is 0 Å². The minimum absolute atomic E-state index is 0.516. The van der Waals surface area contributed by atoms with Crippen LogP contribution in [-0.2, 0) is 0 Å². The van der Waals surface area contributed by atoms with Gasteiger partial charge in [0.1, 0.15) is 11.5 Å². The van der Waals surface area contributed by atoms with Crippen LogP contribution in [0.1, 0.15) is 57.1 Å². The van der Waals surface area contributed by atoms with Crippen molar-refractivity contribution in [3.8, 4) is 22.6 Å². The summed E-state index contributed by atoms with van der Waals surface area (Å²) in [6.07, 6.45) is 3.38. The summed E-state index contributed by atoms with van der Waals surface area (Å²) >= 11 is 0. The highest BCUT2D eigenvalue weighted by atomic mass is 16.5. The molecule has 1 atom stereocenters. The second-order valence-electron chi connectivity index (χ2n) is 9.19. The molecule has 0 aliphatic heterocycles. The second kappa shape index (κ2) is 12.3. The Morgan fingerprint density at radius 2 is 1.67 bits per heavy atom. The Balaban J connectivity index is 1.66. The van der Waals surface area contributed by atoms with Crippen molar-refractivity contribution in [2.24, 2.45) is 5.92 Å². The van der Waals surface area contributed by atoms with E-state index >= 15 is 0 Å². The molecule has 3 aromatic rings. The van der Waals surface area contributed by atoms with E-state index in [2.05, 4.69) is 87.6 Å². The second-order valence-corrected chi connectivity index (χ2v) is 9.19. The van der Waals surface area contributed by atoms with Crippen LogP contribution < -0.4 is 14.8 Å². The van der Waals surface area contributed by atoms with Gasteiger partial charge in [-0.3, -0.25) is 0 Å². The van der Waals surface area contributed by atoms with Crippen molar-refractivity contribution >= 4 is 5.69 Å². The summed E-state index contributed by atoms with van der Waals surface area (Å²) < 4.78 is 11.6. The van der Waals surface area contributed by atoms with Crippen LogP contribution in [0, 0.1) is 12.8 Å². The highest BCUT2D eigenvalue weighted by Crippen LogP contribution is 2.32. The smallest absolute Gasteiger partial charge is 0.120 e. The molecule has 0 fully saturated rings. The first kappa shape index (κ1) is 24.7. The molecule has 33 heavy (non-hydrogen) atoms. The normalized spacial score (nSPS) is 11.9. The van der Waals surface area contributed by atoms with Crippen molar-refractivity contribution in [1.82, 2.24) is 0 Å². The molecule has 0 heterocycles. The minimum atomic E-state index is 0.516. The Bertz CT molecular complexity index is 994. The SMILES string of the molecule is CCCC(CCNc1cc(OC)ccc1-c1ccc(C(C)C)cc1)COc1cccc(C)c1. The molecule has 3 heteroatoms. The maximum absolute atomic E-state index is 6.12. The fraction of sp³-hybridized carbons (Fsp3) is 0.400. The van der Waals surface area contributed by atoms with Crippen LogP contribution in [0.2, 0.25) is 0 Å². The molecule has 3 rings (SSSR count). The van der Waals surface area contributed by atoms with Gasteiger partial charge in [-0.2, -0.15) is 0 Å². The molecule has 0 amide bonds. The third kappa shape index (κ3) is 7.28. The zero-order valence-corrected chi connectivity index (χ0v) is 20.9. The van der Waals surface area contributed by atoms with Crippen LogP contribution >= 0.6 is 0 Å². The van der Waals surface area contributed by atoms with Gasteiger partial charge in [-0.15, -0.1) is 0 Å². The molecule has 0 spiro atoms. The molecular weight excluding hydrogens is 406 g/mol. The van der Waals surface area contributed by atoms with Gasteiger partial charge < -0.3 is 14.8 Å². The highest BCUT2D eigenvalue weighted by molar-refractivity contribution is 5.79. The Labute approximate surface area is 200 Å². The van der Waals surface area contributed by atoms with Crippen LogP contribution in [0.5, 0.6) is 11.5 Å². The van der Waals surface area contributed by atoms with Crippen molar-refractivity contribution in [2.75, 3.05) is 25.6 Å². The molecule has 1 N–H and O–H groups in total. The predicted molar refractivity (Wildman–Crippen MR) is 141 cm³/mol. The van der Waals surface area contributed by atoms with Gasteiger partial charge in [0.2, 0.25) is 0 Å². The van der Waals surface area contributed by atoms with Crippen LogP contribution in [0.25, 0.3) is 11.1 Å². The topological polar surface area (TPSA) is 30.5 Å². The fourth-order valence-corrected chi connectivity index (χ4v) is 4.15. The largest absolute Gasteiger partial charge is 0.497 e. The summed E-state index contributed by atoms with van der Waals surface area (Å²) in [4.78, 5) is 0. The Morgan fingerprint density at radius 3 is 2.33 bits per heavy atom. The first-order chi connectivity index (χ1) is 16.0. The van der Waals surface area contributed by atoms with E-state index in [1.54, 1.807) is 7.11 Å². The average Bonchev–Trinajstić information content (AvgIpc) is 2.82. The van der Waals surface area contributed by atoms with Crippen LogP contribution in [0.3, 0.4) is 0 Å². The maximum atomic E-state index is 6.12. The van der Waals surface area contributed by atoms with E-state index in [-0.39, 0.29) is 0 Å². The molecule has 0 radical (unpaired) electrons. The van der Waals surface area contributed by atoms with E-state index in [1.807, 2.05) is 12.1 Å². The van der Waals surface area contributed by atoms with Gasteiger partial charge in [-0.1, -0.05) is 63.6 Å². The van der Waals surface area contributed by atoms with E-state index in [4.69, 9.17) is 9.47 Å². The Kier molecular flexibility index (Phi) is 9.24. The maximum Gasteiger partial charge on any atom is 0.120 e. The number of benzene rings is 3. The lowest BCUT2D eigenvalue weighted by atomic mass is 9.97. The number of methoxy groups -OCH3 is 1. The Hall–Kier alpha value is -2.94. The molecule has 0 bridgehead atoms. The van der Waals surface area contributed by atoms with Crippen molar-refractivity contribution in [1.29, 1.82) is 0 Å². The predicted octanol–water partition coefficient (Wildman–Crippen LogP) is 8.09. The number of anilines is 1. The standard InChI is InChI=1S/C30H39NO2/c1-6-8-24(21-33-28-10-7-9-23(4)19-28)17-18-31-30-20-27(32-5)15-16-29(30)26-13-11-25(12-14-26)22(2)3/h7,9-16,19-20,22,24,31H,6,8,17-18,21H2,1-5H3. The summed E-state index contributed by atoms with van der Waals surface area (Å²) in [5.74, 6) is 2.88. The lowest BCUT2D eigenvalue weighted by Gasteiger charge is -2.19. The first-order valence-corrected chi connectivity index (χ1v) is 12.2. The van der Waals surface area contributed by atoms with E-state index in [9.17, 15) is 0 Å². The molecule has 0 aromatic heterocycles. The number of rotatable bonds is 12. The van der Waals surface area contributed by atoms with Gasteiger partial charge >= 0.3 is 0 Å². The zero-order chi connectivity index (χ0) is 23.6. The number of aryl methyl sites for hydroxylation is 1. The van der Waals surface area contributed by atoms with Gasteiger partial charge in [-0.05, 0) is 72.6 Å². The monoisotopic (exact) mass is 445 g/mol. The number of ether oxygens (including phenoxy) is 2. The van der Waals surface area contributed by atoms with Crippen LogP contribution in [0.4, 0.5) is 5.69 Å². The lowest BCUT2D eigenvalue weighted by molar-refractivity contribution is 0.233. The molecule has 0 saturated heterocycles. The molecule has 176 valence electrons. The van der Waals surface area contributed by atoms with E-state index in [1.165, 1.54) is 22.3 Å². The Morgan fingerprint density at radius 1 is 0.879 bits per heavy atom. The third-order valence-electron chi connectivity index (χ3n) is 6.16. The quantitative estimate of drug-likeness (QED) is 0.305. The number of hydrogen-bond acceptors (Lipinski definition) is 3. The van der Waals surface area contributed by atoms with Gasteiger partial charge in [0.15, 0.2) is 0 Å². The number of nitrogens with one attached hydrogen (secondary N) is 1. The molecule has 0 aliphatic rings. The van der Waals surface area contributed by atoms with Crippen LogP contribution in [0.15, 0.2) is 66.7 Å². The molecule has 3 aromatic carbocycles. The molecule has 0 aliphatic carbocycles. The summed E-state index contributed by atoms with van der Waals surface area (Å²) in [7, 11) is 1.72. The summed E-state index contributed by atoms with van der Waals surface area (Å²) in [5, 5.41) is 3.68. The van der Waals surface area contributed by atoms with Gasteiger partial charge in [0.25, 0.3) is 0 Å². The van der Waals surface area contributed by atoms with Crippen LogP contribution in [-0.4, -0.2) is 20.3 Å². The molecule has 1 unspecified atom stereocenters. The van der Waals surface area contributed by atoms with E-state index in [0.717, 1.165) is 49.6 Å². The lowest BCUT2D eigenvalue weighted by Crippen LogP contribution is -2.16. The summed E-state index contributed by atoms with van der Waals surface area (Å²) in [5.41, 5.74) is 6.12. The minimum Gasteiger partial charge on any atom is -0.497 e. The zero-order valence-electron chi connectivity index (χ0n) is 20.9. The third-order valence-corrected chi connectivity index (χ3v) is 6.16. The fourth-order valence-electron chi connectivity index (χ4n) is 4.15. The van der Waals surface area contributed by atoms with Crippen molar-refractivity contribution in [3.05, 3.63) is 77.9 Å². The molecular formula is C30H39NO2. The summed E-state index contributed by atoms with van der Waals surface area (Å²) in [6.45, 7) is 10.4. The van der Waals surface area contributed by atoms with Gasteiger partial charge in [0.05, 0.1) is 13.7 Å². The molecule has 3 nitrogen and oxygen atoms in total. The summed E-state index contributed by atoms with van der Waals surface area (Å²) in [6, 6.07) is 23.5. The van der Waals surface area contributed by atoms with E-state index in [0.29, 0.717) is 11.8 Å². The van der Waals surface area contributed by atoms with Crippen molar-refractivity contribution < 1.29 is 9.47 Å². The van der Waals surface area contributed by atoms with Crippen molar-refractivity contribution in [3.63, 3.8) is 0 Å². The first-order valence-electron chi connectivity index (χ1n) is 12.2. The highest BCUT2D eigenvalue weighted by Gasteiger charge is 2.12. The van der Waals surface area contributed by atoms with Crippen molar-refractivity contribution in [2.45, 2.75) is 52.9 Å². The number of hydrogen-bond donors (Lipinski definition) is 1. The van der Waals surface area contributed by atoms with Gasteiger partial charge in [0, 0.05) is 23.9 Å². The average molecular weight is 446 g/mol. The van der Waals surface area contributed by atoms with E-state index < -0.39 is 0 Å². The molecule has 0 saturated carbocycles.